The molecule has 0 unspecified atom stereocenters. The third-order valence-electron chi connectivity index (χ3n) is 3.80. The number of hydrogen-bond acceptors (Lipinski definition) is 3. The molecule has 2 fully saturated rings. The van der Waals surface area contributed by atoms with Gasteiger partial charge in [-0.1, -0.05) is 13.8 Å². The van der Waals surface area contributed by atoms with Crippen LogP contribution < -0.4 is 5.73 Å². The van der Waals surface area contributed by atoms with Gasteiger partial charge in [-0.15, -0.1) is 0 Å². The molecule has 4 heteroatoms. The van der Waals surface area contributed by atoms with Crippen LogP contribution in [0.2, 0.25) is 0 Å². The minimum absolute atomic E-state index is 0.000405. The number of hydrogen-bond donors (Lipinski definition) is 1. The second-order valence-electron chi connectivity index (χ2n) is 5.80. The average molecular weight is 226 g/mol. The fourth-order valence-corrected chi connectivity index (χ4v) is 2.30. The largest absolute Gasteiger partial charge is 0.373 e. The third-order valence-corrected chi connectivity index (χ3v) is 3.80. The van der Waals surface area contributed by atoms with Crippen LogP contribution in [0.4, 0.5) is 0 Å². The summed E-state index contributed by atoms with van der Waals surface area (Å²) >= 11 is 0. The first-order chi connectivity index (χ1) is 7.42. The highest BCUT2D eigenvalue weighted by Crippen LogP contribution is 2.52. The molecule has 2 rings (SSSR count). The Kier molecular flexibility index (Phi) is 2.97. The topological polar surface area (TPSA) is 55.6 Å². The van der Waals surface area contributed by atoms with E-state index >= 15 is 0 Å². The van der Waals surface area contributed by atoms with E-state index in [4.69, 9.17) is 10.5 Å². The maximum absolute atomic E-state index is 12.2. The number of carbonyl (C=O) groups excluding carboxylic acids is 1. The van der Waals surface area contributed by atoms with Crippen LogP contribution in [0.5, 0.6) is 0 Å². The Labute approximate surface area is 97.1 Å². The average Bonchev–Trinajstić information content (AvgIpc) is 2.87. The van der Waals surface area contributed by atoms with Crippen molar-refractivity contribution in [2.45, 2.75) is 39.3 Å². The zero-order chi connectivity index (χ0) is 11.9. The number of ether oxygens (including phenoxy) is 1. The van der Waals surface area contributed by atoms with E-state index in [1.165, 1.54) is 0 Å². The number of nitrogens with two attached hydrogens (primary N) is 1. The summed E-state index contributed by atoms with van der Waals surface area (Å²) < 4.78 is 5.55. The standard InChI is InChI=1S/C12H22N2O2/c1-8(13)10-7-14(4-5-16-10)11(15)9-6-12(9,2)3/h8-10H,4-7,13H2,1-3H3/t8-,9-,10+/m0/s1. The Morgan fingerprint density at radius 2 is 2.19 bits per heavy atom. The SMILES string of the molecule is C[C@H](N)[C@H]1CN(C(=O)[C@@H]2CC2(C)C)CCO1. The Balaban J connectivity index is 1.92. The molecule has 1 aliphatic heterocycles. The maximum atomic E-state index is 12.2. The molecule has 1 aliphatic carbocycles. The molecule has 92 valence electrons. The van der Waals surface area contributed by atoms with Gasteiger partial charge in [0.2, 0.25) is 5.91 Å². The molecule has 3 atom stereocenters. The first-order valence-electron chi connectivity index (χ1n) is 6.08. The van der Waals surface area contributed by atoms with Gasteiger partial charge in [0.25, 0.3) is 0 Å². The zero-order valence-electron chi connectivity index (χ0n) is 10.4. The van der Waals surface area contributed by atoms with Gasteiger partial charge in [-0.3, -0.25) is 4.79 Å². The van der Waals surface area contributed by atoms with E-state index in [1.54, 1.807) is 0 Å². The molecule has 1 amide bonds. The predicted molar refractivity (Wildman–Crippen MR) is 61.9 cm³/mol. The van der Waals surface area contributed by atoms with Crippen LogP contribution in [0, 0.1) is 11.3 Å². The summed E-state index contributed by atoms with van der Waals surface area (Å²) in [7, 11) is 0. The van der Waals surface area contributed by atoms with E-state index < -0.39 is 0 Å². The van der Waals surface area contributed by atoms with Crippen molar-refractivity contribution in [2.75, 3.05) is 19.7 Å². The summed E-state index contributed by atoms with van der Waals surface area (Å²) in [6, 6.07) is -0.0113. The molecule has 1 heterocycles. The highest BCUT2D eigenvalue weighted by atomic mass is 16.5. The number of nitrogens with zero attached hydrogens (tertiary/aromatic N) is 1. The lowest BCUT2D eigenvalue weighted by atomic mass is 10.1. The van der Waals surface area contributed by atoms with Crippen molar-refractivity contribution >= 4 is 5.91 Å². The van der Waals surface area contributed by atoms with Crippen molar-refractivity contribution in [3.8, 4) is 0 Å². The number of morpholine rings is 1. The number of carbonyl (C=O) groups is 1. The maximum Gasteiger partial charge on any atom is 0.226 e. The minimum atomic E-state index is -0.0113. The first-order valence-corrected chi connectivity index (χ1v) is 6.08. The van der Waals surface area contributed by atoms with Crippen LogP contribution in [-0.4, -0.2) is 42.6 Å². The number of rotatable bonds is 2. The summed E-state index contributed by atoms with van der Waals surface area (Å²) in [5.74, 6) is 0.512. The van der Waals surface area contributed by atoms with Crippen molar-refractivity contribution in [1.82, 2.24) is 4.90 Å². The third kappa shape index (κ3) is 2.23. The summed E-state index contributed by atoms with van der Waals surface area (Å²) in [5, 5.41) is 0. The molecule has 4 nitrogen and oxygen atoms in total. The van der Waals surface area contributed by atoms with Crippen molar-refractivity contribution in [1.29, 1.82) is 0 Å². The van der Waals surface area contributed by atoms with Crippen LogP contribution in [0.1, 0.15) is 27.2 Å². The van der Waals surface area contributed by atoms with Gasteiger partial charge in [-0.2, -0.15) is 0 Å². The molecule has 2 aliphatic rings. The molecular weight excluding hydrogens is 204 g/mol. The van der Waals surface area contributed by atoms with Crippen LogP contribution in [-0.2, 0) is 9.53 Å². The lowest BCUT2D eigenvalue weighted by Gasteiger charge is -2.35. The van der Waals surface area contributed by atoms with Crippen molar-refractivity contribution < 1.29 is 9.53 Å². The molecule has 0 aromatic carbocycles. The predicted octanol–water partition coefficient (Wildman–Crippen LogP) is 0.607. The smallest absolute Gasteiger partial charge is 0.226 e. The Morgan fingerprint density at radius 3 is 2.69 bits per heavy atom. The van der Waals surface area contributed by atoms with Gasteiger partial charge in [0.05, 0.1) is 12.7 Å². The van der Waals surface area contributed by atoms with Crippen LogP contribution >= 0.6 is 0 Å². The molecule has 16 heavy (non-hydrogen) atoms. The van der Waals surface area contributed by atoms with E-state index in [1.807, 2.05) is 11.8 Å². The second kappa shape index (κ2) is 4.00. The van der Waals surface area contributed by atoms with Crippen molar-refractivity contribution in [3.05, 3.63) is 0 Å². The Hall–Kier alpha value is -0.610. The van der Waals surface area contributed by atoms with Crippen molar-refractivity contribution in [2.24, 2.45) is 17.1 Å². The monoisotopic (exact) mass is 226 g/mol. The molecule has 1 saturated carbocycles. The van der Waals surface area contributed by atoms with Gasteiger partial charge in [0.15, 0.2) is 0 Å². The molecule has 2 N–H and O–H groups in total. The van der Waals surface area contributed by atoms with E-state index in [0.717, 1.165) is 6.42 Å². The fraction of sp³-hybridized carbons (Fsp3) is 0.917. The van der Waals surface area contributed by atoms with Crippen LogP contribution in [0.25, 0.3) is 0 Å². The Bertz CT molecular complexity index is 289. The molecule has 0 bridgehead atoms. The van der Waals surface area contributed by atoms with E-state index in [-0.39, 0.29) is 23.5 Å². The van der Waals surface area contributed by atoms with Crippen LogP contribution in [0.3, 0.4) is 0 Å². The van der Waals surface area contributed by atoms with E-state index in [9.17, 15) is 4.79 Å². The van der Waals surface area contributed by atoms with E-state index in [0.29, 0.717) is 25.6 Å². The summed E-state index contributed by atoms with van der Waals surface area (Å²) in [6.45, 7) is 8.22. The quantitative estimate of drug-likeness (QED) is 0.750. The van der Waals surface area contributed by atoms with E-state index in [2.05, 4.69) is 13.8 Å². The summed E-state index contributed by atoms with van der Waals surface area (Å²) in [4.78, 5) is 14.1. The van der Waals surface area contributed by atoms with Gasteiger partial charge in [-0.25, -0.2) is 0 Å². The lowest BCUT2D eigenvalue weighted by molar-refractivity contribution is -0.141. The molecule has 0 radical (unpaired) electrons. The van der Waals surface area contributed by atoms with Gasteiger partial charge >= 0.3 is 0 Å². The normalized spacial score (nSPS) is 34.6. The molecule has 1 saturated heterocycles. The molecule has 0 spiro atoms. The van der Waals surface area contributed by atoms with Crippen LogP contribution in [0.15, 0.2) is 0 Å². The zero-order valence-corrected chi connectivity index (χ0v) is 10.4. The first kappa shape index (κ1) is 11.9. The highest BCUT2D eigenvalue weighted by molar-refractivity contribution is 5.82. The summed E-state index contributed by atoms with van der Waals surface area (Å²) in [6.07, 6.45) is 1.02. The second-order valence-corrected chi connectivity index (χ2v) is 5.80. The van der Waals surface area contributed by atoms with Gasteiger partial charge < -0.3 is 15.4 Å². The lowest BCUT2D eigenvalue weighted by Crippen LogP contribution is -2.52. The summed E-state index contributed by atoms with van der Waals surface area (Å²) in [5.41, 5.74) is 6.02. The highest BCUT2D eigenvalue weighted by Gasteiger charge is 2.52. The Morgan fingerprint density at radius 1 is 1.56 bits per heavy atom. The molecular formula is C12H22N2O2. The molecule has 0 aromatic rings. The minimum Gasteiger partial charge on any atom is -0.373 e. The van der Waals surface area contributed by atoms with Crippen molar-refractivity contribution in [3.63, 3.8) is 0 Å². The fourth-order valence-electron chi connectivity index (χ4n) is 2.30. The number of amides is 1. The van der Waals surface area contributed by atoms with Gasteiger partial charge in [0.1, 0.15) is 0 Å². The van der Waals surface area contributed by atoms with Gasteiger partial charge in [-0.05, 0) is 18.8 Å². The van der Waals surface area contributed by atoms with Gasteiger partial charge in [0, 0.05) is 25.0 Å². The molecule has 0 aromatic heterocycles.